The van der Waals surface area contributed by atoms with Crippen LogP contribution in [0.3, 0.4) is 0 Å². The molecule has 3 aromatic rings. The maximum atomic E-state index is 13.2. The lowest BCUT2D eigenvalue weighted by Crippen LogP contribution is -2.39. The predicted octanol–water partition coefficient (Wildman–Crippen LogP) is 2.83. The smallest absolute Gasteiger partial charge is 0.391 e. The van der Waals surface area contributed by atoms with Gasteiger partial charge in [-0.2, -0.15) is 10.1 Å². The summed E-state index contributed by atoms with van der Waals surface area (Å²) in [4.78, 5) is 18.2. The zero-order valence-electron chi connectivity index (χ0n) is 14.4. The number of methoxy groups -OCH3 is 1. The van der Waals surface area contributed by atoms with E-state index in [1.54, 1.807) is 28.8 Å². The van der Waals surface area contributed by atoms with Crippen molar-refractivity contribution < 1.29 is 18.7 Å². The second-order valence-electron chi connectivity index (χ2n) is 6.08. The summed E-state index contributed by atoms with van der Waals surface area (Å²) in [5, 5.41) is 5.37. The molecule has 1 aliphatic heterocycles. The van der Waals surface area contributed by atoms with Gasteiger partial charge >= 0.3 is 6.09 Å². The number of benzene rings is 1. The van der Waals surface area contributed by atoms with E-state index in [1.807, 2.05) is 13.0 Å². The molecular weight excluding hydrogens is 339 g/mol. The highest BCUT2D eigenvalue weighted by Crippen LogP contribution is 2.30. The van der Waals surface area contributed by atoms with Gasteiger partial charge in [0.05, 0.1) is 24.5 Å². The second-order valence-corrected chi connectivity index (χ2v) is 6.08. The van der Waals surface area contributed by atoms with E-state index < -0.39 is 6.09 Å². The van der Waals surface area contributed by atoms with Crippen molar-refractivity contribution in [2.75, 3.05) is 20.3 Å². The number of fused-ring (bicyclic) bond motifs is 2. The maximum Gasteiger partial charge on any atom is 0.416 e. The average molecular weight is 356 g/mol. The highest BCUT2D eigenvalue weighted by molar-refractivity contribution is 5.83. The first kappa shape index (κ1) is 16.5. The van der Waals surface area contributed by atoms with Crippen molar-refractivity contribution in [3.63, 3.8) is 0 Å². The Morgan fingerprint density at radius 1 is 1.31 bits per heavy atom. The highest BCUT2D eigenvalue weighted by Gasteiger charge is 2.27. The molecule has 7 nitrogen and oxygen atoms in total. The van der Waals surface area contributed by atoms with Crippen molar-refractivity contribution in [3.8, 4) is 11.6 Å². The fraction of sp³-hybridized carbons (Fsp3) is 0.278. The third-order valence-electron chi connectivity index (χ3n) is 4.32. The fourth-order valence-electron chi connectivity index (χ4n) is 2.96. The molecule has 0 spiro atoms. The lowest BCUT2D eigenvalue weighted by atomic mass is 10.1. The van der Waals surface area contributed by atoms with E-state index in [2.05, 4.69) is 10.1 Å². The maximum absolute atomic E-state index is 13.2. The van der Waals surface area contributed by atoms with Crippen LogP contribution in [-0.2, 0) is 11.3 Å². The zero-order chi connectivity index (χ0) is 18.3. The zero-order valence-corrected chi connectivity index (χ0v) is 14.4. The Hall–Kier alpha value is -3.00. The SMILES string of the molecule is COCCN1Cc2cc3c(C)nn(-c4ccc(F)cc4)c3nc2OC1=O. The number of nitrogens with zero attached hydrogens (tertiary/aromatic N) is 4. The van der Waals surface area contributed by atoms with Gasteiger partial charge in [-0.05, 0) is 37.3 Å². The van der Waals surface area contributed by atoms with Crippen molar-refractivity contribution in [2.45, 2.75) is 13.5 Å². The van der Waals surface area contributed by atoms with Crippen molar-refractivity contribution in [2.24, 2.45) is 0 Å². The molecule has 4 rings (SSSR count). The first-order valence-electron chi connectivity index (χ1n) is 8.17. The van der Waals surface area contributed by atoms with E-state index >= 15 is 0 Å². The van der Waals surface area contributed by atoms with Crippen LogP contribution >= 0.6 is 0 Å². The number of carbonyl (C=O) groups excluding carboxylic acids is 1. The Morgan fingerprint density at radius 2 is 2.08 bits per heavy atom. The third-order valence-corrected chi connectivity index (χ3v) is 4.32. The topological polar surface area (TPSA) is 69.5 Å². The number of aryl methyl sites for hydroxylation is 1. The molecule has 1 amide bonds. The van der Waals surface area contributed by atoms with Gasteiger partial charge in [0, 0.05) is 24.6 Å². The first-order valence-corrected chi connectivity index (χ1v) is 8.17. The second kappa shape index (κ2) is 6.38. The molecule has 1 aliphatic rings. The molecule has 134 valence electrons. The van der Waals surface area contributed by atoms with E-state index in [0.29, 0.717) is 31.0 Å². The van der Waals surface area contributed by atoms with Crippen LogP contribution in [0.25, 0.3) is 16.7 Å². The van der Waals surface area contributed by atoms with Crippen molar-refractivity contribution in [1.82, 2.24) is 19.7 Å². The molecule has 8 heteroatoms. The first-order chi connectivity index (χ1) is 12.6. The molecule has 0 unspecified atom stereocenters. The van der Waals surface area contributed by atoms with Gasteiger partial charge in [-0.15, -0.1) is 0 Å². The molecule has 0 aliphatic carbocycles. The Labute approximate surface area is 148 Å². The molecule has 3 heterocycles. The summed E-state index contributed by atoms with van der Waals surface area (Å²) in [5.41, 5.74) is 2.85. The van der Waals surface area contributed by atoms with Gasteiger partial charge in [-0.3, -0.25) is 0 Å². The Bertz CT molecular complexity index is 984. The predicted molar refractivity (Wildman–Crippen MR) is 91.9 cm³/mol. The number of amides is 1. The Kier molecular flexibility index (Phi) is 4.04. The van der Waals surface area contributed by atoms with Crippen LogP contribution in [0.2, 0.25) is 0 Å². The van der Waals surface area contributed by atoms with E-state index in [-0.39, 0.29) is 11.7 Å². The average Bonchev–Trinajstić information content (AvgIpc) is 2.95. The summed E-state index contributed by atoms with van der Waals surface area (Å²) >= 11 is 0. The minimum absolute atomic E-state index is 0.277. The molecule has 26 heavy (non-hydrogen) atoms. The van der Waals surface area contributed by atoms with Crippen molar-refractivity contribution >= 4 is 17.1 Å². The summed E-state index contributed by atoms with van der Waals surface area (Å²) in [7, 11) is 1.58. The molecule has 0 fully saturated rings. The van der Waals surface area contributed by atoms with Gasteiger partial charge in [0.25, 0.3) is 0 Å². The number of carbonyl (C=O) groups is 1. The van der Waals surface area contributed by atoms with E-state index in [0.717, 1.165) is 16.6 Å². The standard InChI is InChI=1S/C18H17FN4O3/c1-11-15-9-12-10-22(7-8-25-2)18(24)26-17(12)20-16(15)23(21-11)14-5-3-13(19)4-6-14/h3-6,9H,7-8,10H2,1-2H3. The number of aromatic nitrogens is 3. The van der Waals surface area contributed by atoms with Crippen LogP contribution in [0.5, 0.6) is 5.88 Å². The van der Waals surface area contributed by atoms with E-state index in [1.165, 1.54) is 12.1 Å². The van der Waals surface area contributed by atoms with Gasteiger partial charge in [-0.1, -0.05) is 0 Å². The van der Waals surface area contributed by atoms with Gasteiger partial charge in [0.1, 0.15) is 5.82 Å². The minimum atomic E-state index is -0.453. The van der Waals surface area contributed by atoms with Gasteiger partial charge in [0.2, 0.25) is 5.88 Å². The highest BCUT2D eigenvalue weighted by atomic mass is 19.1. The van der Waals surface area contributed by atoms with Gasteiger partial charge < -0.3 is 14.4 Å². The van der Waals surface area contributed by atoms with Crippen LogP contribution in [0.1, 0.15) is 11.3 Å². The summed E-state index contributed by atoms with van der Waals surface area (Å²) in [5.74, 6) is -0.0446. The number of hydrogen-bond acceptors (Lipinski definition) is 5. The van der Waals surface area contributed by atoms with Crippen molar-refractivity contribution in [1.29, 1.82) is 0 Å². The molecule has 0 saturated heterocycles. The molecule has 0 atom stereocenters. The summed E-state index contributed by atoms with van der Waals surface area (Å²) in [6, 6.07) is 7.92. The molecule has 2 aromatic heterocycles. The molecular formula is C18H17FN4O3. The van der Waals surface area contributed by atoms with Crippen LogP contribution in [0, 0.1) is 12.7 Å². The molecule has 1 aromatic carbocycles. The lowest BCUT2D eigenvalue weighted by Gasteiger charge is -2.27. The number of halogens is 1. The monoisotopic (exact) mass is 356 g/mol. The largest absolute Gasteiger partial charge is 0.416 e. The van der Waals surface area contributed by atoms with E-state index in [4.69, 9.17) is 9.47 Å². The Balaban J connectivity index is 1.78. The van der Waals surface area contributed by atoms with Crippen LogP contribution in [0.15, 0.2) is 30.3 Å². The number of ether oxygens (including phenoxy) is 2. The van der Waals surface area contributed by atoms with Crippen LogP contribution in [0.4, 0.5) is 9.18 Å². The summed E-state index contributed by atoms with van der Waals surface area (Å²) in [6.45, 7) is 3.16. The molecule has 0 bridgehead atoms. The number of rotatable bonds is 4. The summed E-state index contributed by atoms with van der Waals surface area (Å²) in [6.07, 6.45) is -0.453. The van der Waals surface area contributed by atoms with Gasteiger partial charge in [-0.25, -0.2) is 13.9 Å². The lowest BCUT2D eigenvalue weighted by molar-refractivity contribution is 0.110. The number of pyridine rings is 1. The minimum Gasteiger partial charge on any atom is -0.391 e. The Morgan fingerprint density at radius 3 is 2.81 bits per heavy atom. The molecule has 0 radical (unpaired) electrons. The molecule has 0 N–H and O–H groups in total. The fourth-order valence-corrected chi connectivity index (χ4v) is 2.96. The third kappa shape index (κ3) is 2.78. The quantitative estimate of drug-likeness (QED) is 0.719. The number of hydrogen-bond donors (Lipinski definition) is 0. The van der Waals surface area contributed by atoms with Crippen LogP contribution < -0.4 is 4.74 Å². The van der Waals surface area contributed by atoms with Gasteiger partial charge in [0.15, 0.2) is 5.65 Å². The van der Waals surface area contributed by atoms with Crippen LogP contribution in [-0.4, -0.2) is 46.0 Å². The van der Waals surface area contributed by atoms with E-state index in [9.17, 15) is 9.18 Å². The molecule has 0 saturated carbocycles. The van der Waals surface area contributed by atoms with Crippen molar-refractivity contribution in [3.05, 3.63) is 47.4 Å². The normalized spacial score (nSPS) is 13.8. The summed E-state index contributed by atoms with van der Waals surface area (Å²) < 4.78 is 25.2.